The number of halogens is 1. The van der Waals surface area contributed by atoms with Gasteiger partial charge in [-0.25, -0.2) is 0 Å². The lowest BCUT2D eigenvalue weighted by Crippen LogP contribution is -2.47. The molecule has 1 heterocycles. The second kappa shape index (κ2) is 12.3. The van der Waals surface area contributed by atoms with E-state index in [1.54, 1.807) is 0 Å². The summed E-state index contributed by atoms with van der Waals surface area (Å²) < 4.78 is 0. The highest BCUT2D eigenvalue weighted by atomic mass is 127. The Labute approximate surface area is 166 Å². The van der Waals surface area contributed by atoms with Gasteiger partial charge in [0.05, 0.1) is 0 Å². The van der Waals surface area contributed by atoms with E-state index >= 15 is 0 Å². The molecule has 1 unspecified atom stereocenters. The molecule has 24 heavy (non-hydrogen) atoms. The number of hydrogen-bond acceptors (Lipinski definition) is 3. The normalized spacial score (nSPS) is 23.3. The maximum atomic E-state index is 4.37. The minimum absolute atomic E-state index is 0. The minimum Gasteiger partial charge on any atom is -0.355 e. The topological polar surface area (TPSA) is 42.9 Å². The van der Waals surface area contributed by atoms with Gasteiger partial charge in [0.1, 0.15) is 0 Å². The molecule has 1 aliphatic heterocycles. The van der Waals surface area contributed by atoms with Crippen molar-refractivity contribution in [2.45, 2.75) is 64.0 Å². The van der Waals surface area contributed by atoms with Crippen molar-refractivity contribution in [3.05, 3.63) is 0 Å². The Bertz CT molecular complexity index is 357. The number of rotatable bonds is 7. The molecule has 2 rings (SSSR count). The third-order valence-corrected chi connectivity index (χ3v) is 5.59. The van der Waals surface area contributed by atoms with Crippen LogP contribution in [0.5, 0.6) is 0 Å². The van der Waals surface area contributed by atoms with Crippen LogP contribution in [0, 0.1) is 0 Å². The fourth-order valence-corrected chi connectivity index (χ4v) is 4.03. The average Bonchev–Trinajstić information content (AvgIpc) is 3.06. The van der Waals surface area contributed by atoms with E-state index in [1.165, 1.54) is 51.5 Å². The number of likely N-dealkylation sites (N-methyl/N-ethyl adjacent to an activating group) is 2. The van der Waals surface area contributed by atoms with Crippen molar-refractivity contribution in [2.75, 3.05) is 46.8 Å². The summed E-state index contributed by atoms with van der Waals surface area (Å²) in [6, 6.07) is 1.46. The number of aliphatic imine (C=N–C) groups is 1. The average molecular weight is 451 g/mol. The van der Waals surface area contributed by atoms with Gasteiger partial charge in [-0.1, -0.05) is 26.2 Å². The lowest BCUT2D eigenvalue weighted by Gasteiger charge is -2.31. The summed E-state index contributed by atoms with van der Waals surface area (Å²) >= 11 is 0. The molecule has 0 aromatic rings. The van der Waals surface area contributed by atoms with E-state index in [1.807, 2.05) is 7.05 Å². The van der Waals surface area contributed by atoms with Gasteiger partial charge in [-0.2, -0.15) is 0 Å². The van der Waals surface area contributed by atoms with Gasteiger partial charge >= 0.3 is 0 Å². The maximum absolute atomic E-state index is 4.37. The second-order valence-corrected chi connectivity index (χ2v) is 7.08. The lowest BCUT2D eigenvalue weighted by molar-refractivity contribution is 0.194. The lowest BCUT2D eigenvalue weighted by atomic mass is 9.94. The van der Waals surface area contributed by atoms with Crippen LogP contribution in [0.1, 0.15) is 51.9 Å². The van der Waals surface area contributed by atoms with E-state index in [-0.39, 0.29) is 24.0 Å². The molecule has 1 saturated heterocycles. The van der Waals surface area contributed by atoms with E-state index in [2.05, 4.69) is 39.4 Å². The first-order chi connectivity index (χ1) is 11.2. The van der Waals surface area contributed by atoms with Gasteiger partial charge in [0.25, 0.3) is 0 Å². The number of nitrogens with one attached hydrogen (secondary N) is 2. The molecule has 5 nitrogen and oxygen atoms in total. The van der Waals surface area contributed by atoms with E-state index in [9.17, 15) is 0 Å². The first-order valence-electron chi connectivity index (χ1n) is 9.63. The summed E-state index contributed by atoms with van der Waals surface area (Å²) in [5.41, 5.74) is 0. The molecule has 1 aliphatic carbocycles. The molecule has 2 aliphatic rings. The fraction of sp³-hybridized carbons (Fsp3) is 0.944. The molecule has 2 fully saturated rings. The summed E-state index contributed by atoms with van der Waals surface area (Å²) in [5, 5.41) is 6.98. The van der Waals surface area contributed by atoms with E-state index in [0.717, 1.165) is 38.2 Å². The molecule has 0 bridgehead atoms. The maximum Gasteiger partial charge on any atom is 0.191 e. The highest BCUT2D eigenvalue weighted by Gasteiger charge is 2.22. The molecule has 0 radical (unpaired) electrons. The van der Waals surface area contributed by atoms with Gasteiger partial charge < -0.3 is 15.5 Å². The van der Waals surface area contributed by atoms with Crippen molar-refractivity contribution >= 4 is 29.9 Å². The zero-order chi connectivity index (χ0) is 16.5. The summed E-state index contributed by atoms with van der Waals surface area (Å²) in [4.78, 5) is 9.46. The van der Waals surface area contributed by atoms with Gasteiger partial charge in [-0.05, 0) is 45.8 Å². The van der Waals surface area contributed by atoms with Crippen LogP contribution in [0.3, 0.4) is 0 Å². The molecule has 0 aromatic heterocycles. The van der Waals surface area contributed by atoms with Crippen LogP contribution >= 0.6 is 24.0 Å². The van der Waals surface area contributed by atoms with Crippen molar-refractivity contribution < 1.29 is 0 Å². The standard InChI is InChI=1S/C18H37N5.HI/c1-4-23-13-8-11-17(23)15-21-18(19-2)20-12-14-22(3)16-9-6-5-7-10-16;/h16-17H,4-15H2,1-3H3,(H2,19,20,21);1H. The van der Waals surface area contributed by atoms with Crippen LogP contribution in [0.2, 0.25) is 0 Å². The van der Waals surface area contributed by atoms with Gasteiger partial charge in [0.2, 0.25) is 0 Å². The van der Waals surface area contributed by atoms with Crippen molar-refractivity contribution in [1.82, 2.24) is 20.4 Å². The van der Waals surface area contributed by atoms with Crippen LogP contribution in [-0.2, 0) is 0 Å². The Morgan fingerprint density at radius 2 is 1.88 bits per heavy atom. The number of likely N-dealkylation sites (tertiary alicyclic amines) is 1. The molecule has 2 N–H and O–H groups in total. The fourth-order valence-electron chi connectivity index (χ4n) is 4.03. The van der Waals surface area contributed by atoms with Crippen LogP contribution < -0.4 is 10.6 Å². The molecular formula is C18H38IN5. The molecule has 1 saturated carbocycles. The van der Waals surface area contributed by atoms with Crippen molar-refractivity contribution in [3.8, 4) is 0 Å². The van der Waals surface area contributed by atoms with Gasteiger partial charge in [0.15, 0.2) is 5.96 Å². The Morgan fingerprint density at radius 3 is 2.54 bits per heavy atom. The zero-order valence-electron chi connectivity index (χ0n) is 15.9. The molecule has 0 spiro atoms. The highest BCUT2D eigenvalue weighted by molar-refractivity contribution is 14.0. The SMILES string of the molecule is CCN1CCCC1CNC(=NC)NCCN(C)C1CCCCC1.I. The third kappa shape index (κ3) is 7.04. The number of guanidine groups is 1. The second-order valence-electron chi connectivity index (χ2n) is 7.08. The molecular weight excluding hydrogens is 413 g/mol. The Balaban J connectivity index is 0.00000288. The van der Waals surface area contributed by atoms with Crippen molar-refractivity contribution in [1.29, 1.82) is 0 Å². The summed E-state index contributed by atoms with van der Waals surface area (Å²) in [6.07, 6.45) is 9.62. The monoisotopic (exact) mass is 451 g/mol. The third-order valence-electron chi connectivity index (χ3n) is 5.59. The molecule has 0 amide bonds. The number of nitrogens with zero attached hydrogens (tertiary/aromatic N) is 3. The van der Waals surface area contributed by atoms with E-state index in [0.29, 0.717) is 6.04 Å². The quantitative estimate of drug-likeness (QED) is 0.355. The van der Waals surface area contributed by atoms with Gasteiger partial charge in [-0.3, -0.25) is 9.89 Å². The molecule has 0 aromatic carbocycles. The van der Waals surface area contributed by atoms with E-state index in [4.69, 9.17) is 0 Å². The van der Waals surface area contributed by atoms with Crippen molar-refractivity contribution in [3.63, 3.8) is 0 Å². The predicted molar refractivity (Wildman–Crippen MR) is 115 cm³/mol. The summed E-state index contributed by atoms with van der Waals surface area (Å²) in [5.74, 6) is 0.949. The van der Waals surface area contributed by atoms with Crippen LogP contribution in [0.15, 0.2) is 4.99 Å². The van der Waals surface area contributed by atoms with E-state index < -0.39 is 0 Å². The Morgan fingerprint density at radius 1 is 1.12 bits per heavy atom. The first kappa shape index (κ1) is 22.0. The smallest absolute Gasteiger partial charge is 0.191 e. The largest absolute Gasteiger partial charge is 0.355 e. The first-order valence-corrected chi connectivity index (χ1v) is 9.63. The minimum atomic E-state index is 0. The predicted octanol–water partition coefficient (Wildman–Crippen LogP) is 2.52. The van der Waals surface area contributed by atoms with Crippen molar-refractivity contribution in [2.24, 2.45) is 4.99 Å². The Kier molecular flexibility index (Phi) is 11.3. The highest BCUT2D eigenvalue weighted by Crippen LogP contribution is 2.21. The Hall–Kier alpha value is -0.0800. The molecule has 1 atom stereocenters. The van der Waals surface area contributed by atoms with Crippen LogP contribution in [-0.4, -0.2) is 74.7 Å². The van der Waals surface area contributed by atoms with Gasteiger partial charge in [-0.15, -0.1) is 24.0 Å². The van der Waals surface area contributed by atoms with Crippen LogP contribution in [0.25, 0.3) is 0 Å². The summed E-state index contributed by atoms with van der Waals surface area (Å²) in [7, 11) is 4.14. The molecule has 142 valence electrons. The van der Waals surface area contributed by atoms with Crippen LogP contribution in [0.4, 0.5) is 0 Å². The van der Waals surface area contributed by atoms with Gasteiger partial charge in [0, 0.05) is 38.8 Å². The molecule has 6 heteroatoms. The summed E-state index contributed by atoms with van der Waals surface area (Å²) in [6.45, 7) is 7.73. The zero-order valence-corrected chi connectivity index (χ0v) is 18.2. The number of hydrogen-bond donors (Lipinski definition) is 2.